The maximum Gasteiger partial charge on any atom is 0.223 e. The first-order chi connectivity index (χ1) is 11.0. The minimum absolute atomic E-state index is 0.0313. The predicted molar refractivity (Wildman–Crippen MR) is 82.1 cm³/mol. The molecule has 4 unspecified atom stereocenters. The molecule has 0 spiro atoms. The topological polar surface area (TPSA) is 108 Å². The molecule has 7 heteroatoms. The molecule has 2 aliphatic rings. The monoisotopic (exact) mass is 324 g/mol. The van der Waals surface area contributed by atoms with Crippen molar-refractivity contribution < 1.29 is 24.5 Å². The second-order valence-corrected chi connectivity index (χ2v) is 6.11. The van der Waals surface area contributed by atoms with Gasteiger partial charge in [0.15, 0.2) is 0 Å². The number of rotatable bonds is 6. The molecule has 1 saturated heterocycles. The molecular formula is C16H24N2O5. The fourth-order valence-corrected chi connectivity index (χ4v) is 3.10. The highest BCUT2D eigenvalue weighted by molar-refractivity contribution is 5.79. The highest BCUT2D eigenvalue weighted by Gasteiger charge is 2.43. The van der Waals surface area contributed by atoms with E-state index in [4.69, 9.17) is 11.2 Å². The average Bonchev–Trinajstić information content (AvgIpc) is 3.15. The zero-order valence-corrected chi connectivity index (χ0v) is 13.0. The molecule has 4 atom stereocenters. The molecule has 2 fully saturated rings. The molecule has 0 bridgehead atoms. The van der Waals surface area contributed by atoms with Crippen molar-refractivity contribution in [2.45, 2.75) is 56.5 Å². The number of carbonyl (C=O) groups excluding carboxylic acids is 2. The van der Waals surface area contributed by atoms with E-state index in [2.05, 4.69) is 16.6 Å². The van der Waals surface area contributed by atoms with Crippen molar-refractivity contribution in [2.75, 3.05) is 13.1 Å². The minimum Gasteiger partial charge on any atom is -0.388 e. The molecule has 7 nitrogen and oxygen atoms in total. The average molecular weight is 324 g/mol. The Bertz CT molecular complexity index is 470. The van der Waals surface area contributed by atoms with Gasteiger partial charge >= 0.3 is 0 Å². The van der Waals surface area contributed by atoms with Gasteiger partial charge in [0.2, 0.25) is 11.8 Å². The van der Waals surface area contributed by atoms with Gasteiger partial charge in [-0.05, 0) is 12.8 Å². The first-order valence-corrected chi connectivity index (χ1v) is 8.02. The van der Waals surface area contributed by atoms with E-state index in [0.717, 1.165) is 25.7 Å². The van der Waals surface area contributed by atoms with Gasteiger partial charge in [0.1, 0.15) is 18.3 Å². The second kappa shape index (κ2) is 8.29. The van der Waals surface area contributed by atoms with E-state index >= 15 is 0 Å². The van der Waals surface area contributed by atoms with E-state index in [1.807, 2.05) is 0 Å². The summed E-state index contributed by atoms with van der Waals surface area (Å²) in [5, 5.41) is 25.2. The maximum absolute atomic E-state index is 12.0. The molecule has 4 N–H and O–H groups in total. The number of amides is 2. The third-order valence-corrected chi connectivity index (χ3v) is 4.44. The molecule has 0 aromatic heterocycles. The lowest BCUT2D eigenvalue weighted by Crippen LogP contribution is -2.41. The number of hydrogen-bond donors (Lipinski definition) is 4. The molecule has 1 aliphatic carbocycles. The predicted octanol–water partition coefficient (Wildman–Crippen LogP) is -1.08. The van der Waals surface area contributed by atoms with Crippen molar-refractivity contribution >= 4 is 11.8 Å². The van der Waals surface area contributed by atoms with E-state index in [1.54, 1.807) is 0 Å². The molecule has 0 aromatic carbocycles. The van der Waals surface area contributed by atoms with Gasteiger partial charge in [-0.2, -0.15) is 0 Å². The fraction of sp³-hybridized carbons (Fsp3) is 0.750. The van der Waals surface area contributed by atoms with Gasteiger partial charge in [0.05, 0.1) is 19.1 Å². The standard InChI is InChI=1S/C16H24N2O5/c1-2-7-17-13(19)8-11-14(20)15(21)12(23-11)9-18-16(22)10-5-3-4-6-10/h1,10-12,14-15,20-21H,3-9H2,(H,17,19)(H,18,22). The Hall–Kier alpha value is -1.62. The van der Waals surface area contributed by atoms with Gasteiger partial charge < -0.3 is 25.6 Å². The number of ether oxygens (including phenoxy) is 1. The normalized spacial score (nSPS) is 30.8. The Labute approximate surface area is 135 Å². The Morgan fingerprint density at radius 2 is 1.78 bits per heavy atom. The third-order valence-electron chi connectivity index (χ3n) is 4.44. The van der Waals surface area contributed by atoms with Crippen LogP contribution in [0, 0.1) is 18.3 Å². The lowest BCUT2D eigenvalue weighted by molar-refractivity contribution is -0.127. The van der Waals surface area contributed by atoms with E-state index in [0.29, 0.717) is 0 Å². The fourth-order valence-electron chi connectivity index (χ4n) is 3.10. The highest BCUT2D eigenvalue weighted by atomic mass is 16.5. The van der Waals surface area contributed by atoms with Crippen LogP contribution in [0.4, 0.5) is 0 Å². The second-order valence-electron chi connectivity index (χ2n) is 6.11. The summed E-state index contributed by atoms with van der Waals surface area (Å²) in [6, 6.07) is 0. The van der Waals surface area contributed by atoms with Crippen molar-refractivity contribution in [3.05, 3.63) is 0 Å². The van der Waals surface area contributed by atoms with Crippen LogP contribution >= 0.6 is 0 Å². The number of aliphatic hydroxyl groups is 2. The summed E-state index contributed by atoms with van der Waals surface area (Å²) in [6.07, 6.45) is 5.03. The number of hydrogen-bond acceptors (Lipinski definition) is 5. The van der Waals surface area contributed by atoms with Gasteiger partial charge in [0.25, 0.3) is 0 Å². The summed E-state index contributed by atoms with van der Waals surface area (Å²) in [7, 11) is 0. The Kier molecular flexibility index (Phi) is 6.39. The van der Waals surface area contributed by atoms with Crippen molar-refractivity contribution in [3.8, 4) is 12.3 Å². The van der Waals surface area contributed by atoms with E-state index in [-0.39, 0.29) is 37.2 Å². The molecule has 1 heterocycles. The Balaban J connectivity index is 1.78. The zero-order valence-electron chi connectivity index (χ0n) is 13.0. The largest absolute Gasteiger partial charge is 0.388 e. The van der Waals surface area contributed by atoms with Gasteiger partial charge in [-0.1, -0.05) is 18.8 Å². The van der Waals surface area contributed by atoms with Crippen LogP contribution in [0.25, 0.3) is 0 Å². The smallest absolute Gasteiger partial charge is 0.223 e. The summed E-state index contributed by atoms with van der Waals surface area (Å²) < 4.78 is 5.52. The maximum atomic E-state index is 12.0. The zero-order chi connectivity index (χ0) is 16.8. The lowest BCUT2D eigenvalue weighted by atomic mass is 10.0. The van der Waals surface area contributed by atoms with Crippen molar-refractivity contribution in [1.29, 1.82) is 0 Å². The van der Waals surface area contributed by atoms with Crippen LogP contribution in [0.1, 0.15) is 32.1 Å². The summed E-state index contributed by atoms with van der Waals surface area (Å²) in [4.78, 5) is 23.6. The van der Waals surface area contributed by atoms with Gasteiger partial charge in [-0.3, -0.25) is 9.59 Å². The molecule has 128 valence electrons. The molecule has 2 amide bonds. The van der Waals surface area contributed by atoms with E-state index in [9.17, 15) is 19.8 Å². The molecule has 23 heavy (non-hydrogen) atoms. The van der Waals surface area contributed by atoms with Gasteiger partial charge in [-0.15, -0.1) is 6.42 Å². The van der Waals surface area contributed by atoms with Gasteiger partial charge in [-0.25, -0.2) is 0 Å². The van der Waals surface area contributed by atoms with E-state index in [1.165, 1.54) is 0 Å². The highest BCUT2D eigenvalue weighted by Crippen LogP contribution is 2.26. The summed E-state index contributed by atoms with van der Waals surface area (Å²) >= 11 is 0. The first kappa shape index (κ1) is 17.7. The summed E-state index contributed by atoms with van der Waals surface area (Å²) in [5.41, 5.74) is 0. The van der Waals surface area contributed by atoms with E-state index < -0.39 is 24.4 Å². The van der Waals surface area contributed by atoms with Crippen LogP contribution in [0.3, 0.4) is 0 Å². The van der Waals surface area contributed by atoms with Crippen LogP contribution in [-0.4, -0.2) is 59.5 Å². The lowest BCUT2D eigenvalue weighted by Gasteiger charge is -2.17. The molecule has 0 aromatic rings. The van der Waals surface area contributed by atoms with Crippen LogP contribution in [0.2, 0.25) is 0 Å². The quantitative estimate of drug-likeness (QED) is 0.465. The van der Waals surface area contributed by atoms with Crippen LogP contribution in [0.5, 0.6) is 0 Å². The number of terminal acetylenes is 1. The van der Waals surface area contributed by atoms with Crippen LogP contribution in [0.15, 0.2) is 0 Å². The SMILES string of the molecule is C#CCNC(=O)CC1OC(CNC(=O)C2CCCC2)C(O)C1O. The number of aliphatic hydroxyl groups excluding tert-OH is 2. The summed E-state index contributed by atoms with van der Waals surface area (Å²) in [5.74, 6) is 1.92. The number of nitrogens with one attached hydrogen (secondary N) is 2. The Morgan fingerprint density at radius 3 is 2.43 bits per heavy atom. The molecule has 1 saturated carbocycles. The van der Waals surface area contributed by atoms with Crippen molar-refractivity contribution in [3.63, 3.8) is 0 Å². The molecule has 1 aliphatic heterocycles. The molecule has 0 radical (unpaired) electrons. The van der Waals surface area contributed by atoms with Gasteiger partial charge in [0, 0.05) is 12.5 Å². The van der Waals surface area contributed by atoms with Crippen molar-refractivity contribution in [1.82, 2.24) is 10.6 Å². The van der Waals surface area contributed by atoms with Crippen LogP contribution in [-0.2, 0) is 14.3 Å². The molecule has 2 rings (SSSR count). The summed E-state index contributed by atoms with van der Waals surface area (Å²) in [6.45, 7) is 0.223. The number of carbonyl (C=O) groups is 2. The molecular weight excluding hydrogens is 300 g/mol. The van der Waals surface area contributed by atoms with Crippen molar-refractivity contribution in [2.24, 2.45) is 5.92 Å². The Morgan fingerprint density at radius 1 is 1.13 bits per heavy atom. The first-order valence-electron chi connectivity index (χ1n) is 8.02. The third kappa shape index (κ3) is 4.67. The minimum atomic E-state index is -1.17. The van der Waals surface area contributed by atoms with Crippen LogP contribution < -0.4 is 10.6 Å².